The zero-order valence-electron chi connectivity index (χ0n) is 11.9. The first-order chi connectivity index (χ1) is 8.43. The average molecular weight is 323 g/mol. The molecule has 110 valence electrons. The van der Waals surface area contributed by atoms with Gasteiger partial charge in [0.05, 0.1) is 6.61 Å². The third kappa shape index (κ3) is 10.3. The summed E-state index contributed by atoms with van der Waals surface area (Å²) in [6.45, 7) is 6.16. The van der Waals surface area contributed by atoms with Crippen molar-refractivity contribution in [3.63, 3.8) is 0 Å². The second kappa shape index (κ2) is 13.8. The fraction of sp³-hybridized carbons (Fsp3) is 1.00. The number of rotatable bonds is 10. The lowest BCUT2D eigenvalue weighted by molar-refractivity contribution is 0.00702. The first-order valence-electron chi connectivity index (χ1n) is 7.49. The van der Waals surface area contributed by atoms with Gasteiger partial charge in [-0.15, -0.1) is 17.0 Å². The topological polar surface area (TPSA) is 33.3 Å². The van der Waals surface area contributed by atoms with Gasteiger partial charge in [-0.25, -0.2) is 0 Å². The molecule has 18 heavy (non-hydrogen) atoms. The maximum Gasteiger partial charge on any atom is 0.120 e. The predicted molar refractivity (Wildman–Crippen MR) is 83.5 cm³/mol. The minimum absolute atomic E-state index is 0. The highest BCUT2D eigenvalue weighted by Crippen LogP contribution is 2.08. The molecule has 0 spiro atoms. The van der Waals surface area contributed by atoms with Gasteiger partial charge < -0.3 is 10.1 Å². The van der Waals surface area contributed by atoms with Crippen LogP contribution in [0.15, 0.2) is 0 Å². The molecule has 1 saturated heterocycles. The Morgan fingerprint density at radius 1 is 1.06 bits per heavy atom. The summed E-state index contributed by atoms with van der Waals surface area (Å²) in [6.07, 6.45) is 11.3. The quantitative estimate of drug-likeness (QED) is 0.606. The highest BCUT2D eigenvalue weighted by Gasteiger charge is 2.10. The van der Waals surface area contributed by atoms with Crippen molar-refractivity contribution in [1.29, 1.82) is 0 Å². The first kappa shape index (κ1) is 18.4. The molecule has 0 amide bonds. The van der Waals surface area contributed by atoms with Crippen LogP contribution in [0.4, 0.5) is 0 Å². The number of ether oxygens (including phenoxy) is 1. The summed E-state index contributed by atoms with van der Waals surface area (Å²) in [7, 11) is 0. The van der Waals surface area contributed by atoms with Crippen molar-refractivity contribution in [3.8, 4) is 0 Å². The fourth-order valence-electron chi connectivity index (χ4n) is 2.22. The molecule has 1 rings (SSSR count). The van der Waals surface area contributed by atoms with E-state index in [4.69, 9.17) is 4.74 Å². The third-order valence-corrected chi connectivity index (χ3v) is 3.33. The Bertz CT molecular complexity index is 164. The van der Waals surface area contributed by atoms with Crippen LogP contribution >= 0.6 is 17.0 Å². The van der Waals surface area contributed by atoms with Crippen molar-refractivity contribution in [3.05, 3.63) is 0 Å². The maximum absolute atomic E-state index is 5.58. The maximum atomic E-state index is 5.58. The van der Waals surface area contributed by atoms with E-state index < -0.39 is 0 Å². The van der Waals surface area contributed by atoms with E-state index in [-0.39, 0.29) is 23.2 Å². The molecular formula is C14H31BrN2O. The van der Waals surface area contributed by atoms with E-state index in [0.29, 0.717) is 0 Å². The number of morpholine rings is 1. The van der Waals surface area contributed by atoms with E-state index in [1.54, 1.807) is 0 Å². The number of halogens is 1. The van der Waals surface area contributed by atoms with Gasteiger partial charge in [0.25, 0.3) is 0 Å². The van der Waals surface area contributed by atoms with Gasteiger partial charge in [-0.05, 0) is 13.0 Å². The summed E-state index contributed by atoms with van der Waals surface area (Å²) in [4.78, 5) is 0. The lowest BCUT2D eigenvalue weighted by atomic mass is 10.1. The van der Waals surface area contributed by atoms with Gasteiger partial charge in [0, 0.05) is 13.1 Å². The molecule has 1 unspecified atom stereocenters. The molecule has 0 saturated carbocycles. The molecule has 0 aromatic carbocycles. The lowest BCUT2D eigenvalue weighted by Gasteiger charge is -2.24. The van der Waals surface area contributed by atoms with Crippen molar-refractivity contribution < 1.29 is 4.74 Å². The Kier molecular flexibility index (Phi) is 14.1. The van der Waals surface area contributed by atoms with Crippen molar-refractivity contribution in [2.75, 3.05) is 26.2 Å². The summed E-state index contributed by atoms with van der Waals surface area (Å²) in [5, 5.41) is 6.78. The Morgan fingerprint density at radius 3 is 2.33 bits per heavy atom. The molecule has 0 aliphatic carbocycles. The number of hydrogen-bond acceptors (Lipinski definition) is 3. The normalized spacial score (nSPS) is 19.5. The van der Waals surface area contributed by atoms with Crippen molar-refractivity contribution in [2.45, 2.75) is 64.5 Å². The van der Waals surface area contributed by atoms with Crippen LogP contribution in [0, 0.1) is 0 Å². The molecule has 1 aliphatic heterocycles. The summed E-state index contributed by atoms with van der Waals surface area (Å²) >= 11 is 0. The third-order valence-electron chi connectivity index (χ3n) is 3.33. The highest BCUT2D eigenvalue weighted by atomic mass is 79.9. The smallest absolute Gasteiger partial charge is 0.120 e. The molecule has 1 atom stereocenters. The van der Waals surface area contributed by atoms with Gasteiger partial charge in [0.1, 0.15) is 6.23 Å². The fourth-order valence-corrected chi connectivity index (χ4v) is 2.22. The lowest BCUT2D eigenvalue weighted by Crippen LogP contribution is -2.47. The number of nitrogens with one attached hydrogen (secondary N) is 2. The summed E-state index contributed by atoms with van der Waals surface area (Å²) in [5.74, 6) is 0. The minimum Gasteiger partial charge on any atom is -0.361 e. The highest BCUT2D eigenvalue weighted by molar-refractivity contribution is 8.93. The van der Waals surface area contributed by atoms with Gasteiger partial charge in [-0.3, -0.25) is 5.32 Å². The van der Waals surface area contributed by atoms with E-state index in [1.807, 2.05) is 0 Å². The molecule has 1 fully saturated rings. The second-order valence-corrected chi connectivity index (χ2v) is 4.99. The Hall–Kier alpha value is 0.360. The SMILES string of the molecule is Br.CCCCCCCCCCNC1CNCCO1. The molecule has 1 aliphatic rings. The zero-order valence-corrected chi connectivity index (χ0v) is 13.6. The Morgan fingerprint density at radius 2 is 1.72 bits per heavy atom. The van der Waals surface area contributed by atoms with Crippen LogP contribution in [-0.4, -0.2) is 32.5 Å². The van der Waals surface area contributed by atoms with E-state index in [2.05, 4.69) is 17.6 Å². The van der Waals surface area contributed by atoms with Crippen molar-refractivity contribution >= 4 is 17.0 Å². The van der Waals surface area contributed by atoms with Crippen molar-refractivity contribution in [2.24, 2.45) is 0 Å². The molecule has 1 heterocycles. The second-order valence-electron chi connectivity index (χ2n) is 4.99. The van der Waals surface area contributed by atoms with E-state index in [1.165, 1.54) is 51.4 Å². The van der Waals surface area contributed by atoms with Gasteiger partial charge in [0.15, 0.2) is 0 Å². The molecule has 0 aromatic heterocycles. The molecular weight excluding hydrogens is 292 g/mol. The summed E-state index contributed by atoms with van der Waals surface area (Å²) in [6, 6.07) is 0. The van der Waals surface area contributed by atoms with Crippen LogP contribution in [0.25, 0.3) is 0 Å². The molecule has 2 N–H and O–H groups in total. The molecule has 4 heteroatoms. The van der Waals surface area contributed by atoms with Crippen LogP contribution < -0.4 is 10.6 Å². The van der Waals surface area contributed by atoms with Crippen LogP contribution in [-0.2, 0) is 4.74 Å². The summed E-state index contributed by atoms with van der Waals surface area (Å²) < 4.78 is 5.58. The van der Waals surface area contributed by atoms with Crippen LogP contribution in [0.5, 0.6) is 0 Å². The van der Waals surface area contributed by atoms with Gasteiger partial charge in [0.2, 0.25) is 0 Å². The molecule has 0 bridgehead atoms. The molecule has 0 aromatic rings. The Labute approximate surface area is 123 Å². The predicted octanol–water partition coefficient (Wildman–Crippen LogP) is 3.24. The molecule has 3 nitrogen and oxygen atoms in total. The van der Waals surface area contributed by atoms with Crippen LogP contribution in [0.2, 0.25) is 0 Å². The first-order valence-corrected chi connectivity index (χ1v) is 7.49. The van der Waals surface area contributed by atoms with Gasteiger partial charge >= 0.3 is 0 Å². The largest absolute Gasteiger partial charge is 0.361 e. The molecule has 0 radical (unpaired) electrons. The standard InChI is InChI=1S/C14H30N2O.BrH/c1-2-3-4-5-6-7-8-9-10-16-14-13-15-11-12-17-14;/h14-16H,2-13H2,1H3;1H. The Balaban J connectivity index is 0.00000289. The van der Waals surface area contributed by atoms with Crippen LogP contribution in [0.1, 0.15) is 58.3 Å². The number of unbranched alkanes of at least 4 members (excludes halogenated alkanes) is 7. The van der Waals surface area contributed by atoms with Gasteiger partial charge in [-0.1, -0.05) is 51.9 Å². The monoisotopic (exact) mass is 322 g/mol. The van der Waals surface area contributed by atoms with Crippen molar-refractivity contribution in [1.82, 2.24) is 10.6 Å². The van der Waals surface area contributed by atoms with E-state index in [0.717, 1.165) is 26.2 Å². The zero-order chi connectivity index (χ0) is 12.2. The number of hydrogen-bond donors (Lipinski definition) is 2. The van der Waals surface area contributed by atoms with E-state index >= 15 is 0 Å². The average Bonchev–Trinajstić information content (AvgIpc) is 2.38. The van der Waals surface area contributed by atoms with E-state index in [9.17, 15) is 0 Å². The van der Waals surface area contributed by atoms with Crippen LogP contribution in [0.3, 0.4) is 0 Å². The minimum atomic E-state index is 0. The van der Waals surface area contributed by atoms with Gasteiger partial charge in [-0.2, -0.15) is 0 Å². The summed E-state index contributed by atoms with van der Waals surface area (Å²) in [5.41, 5.74) is 0.